The second kappa shape index (κ2) is 5.95. The second-order valence-electron chi connectivity index (χ2n) is 4.69. The Hall–Kier alpha value is -1.72. The van der Waals surface area contributed by atoms with Crippen LogP contribution in [-0.2, 0) is 0 Å². The minimum absolute atomic E-state index is 0.0150. The quantitative estimate of drug-likeness (QED) is 0.892. The van der Waals surface area contributed by atoms with Gasteiger partial charge in [0.05, 0.1) is 12.6 Å². The lowest BCUT2D eigenvalue weighted by atomic mass is 10.1. The maximum absolute atomic E-state index is 8.93. The number of hydrogen-bond acceptors (Lipinski definition) is 5. The molecule has 0 amide bonds. The molecule has 0 aliphatic carbocycles. The number of aromatic nitrogens is 2. The van der Waals surface area contributed by atoms with Gasteiger partial charge in [-0.1, -0.05) is 17.7 Å². The lowest BCUT2D eigenvalue weighted by Crippen LogP contribution is -2.25. The van der Waals surface area contributed by atoms with Crippen LogP contribution in [0.4, 0.5) is 0 Å². The zero-order valence-corrected chi connectivity index (χ0v) is 11.5. The summed E-state index contributed by atoms with van der Waals surface area (Å²) < 4.78 is 5.69. The molecule has 0 fully saturated rings. The Kier molecular flexibility index (Phi) is 4.29. The van der Waals surface area contributed by atoms with Crippen molar-refractivity contribution in [3.05, 3.63) is 35.7 Å². The van der Waals surface area contributed by atoms with Gasteiger partial charge in [-0.25, -0.2) is 0 Å². The number of aliphatic hydroxyl groups is 1. The van der Waals surface area contributed by atoms with Gasteiger partial charge in [-0.15, -0.1) is 10.2 Å². The van der Waals surface area contributed by atoms with Crippen LogP contribution < -0.4 is 0 Å². The van der Waals surface area contributed by atoms with E-state index in [4.69, 9.17) is 9.52 Å². The van der Waals surface area contributed by atoms with Crippen molar-refractivity contribution in [1.82, 2.24) is 15.1 Å². The van der Waals surface area contributed by atoms with Crippen molar-refractivity contribution in [1.29, 1.82) is 0 Å². The number of rotatable bonds is 5. The predicted molar refractivity (Wildman–Crippen MR) is 72.6 cm³/mol. The maximum Gasteiger partial charge on any atom is 0.247 e. The van der Waals surface area contributed by atoms with E-state index in [-0.39, 0.29) is 12.6 Å². The minimum Gasteiger partial charge on any atom is -0.419 e. The Morgan fingerprint density at radius 2 is 1.95 bits per heavy atom. The van der Waals surface area contributed by atoms with Crippen LogP contribution in [0.2, 0.25) is 0 Å². The second-order valence-corrected chi connectivity index (χ2v) is 4.69. The van der Waals surface area contributed by atoms with Crippen molar-refractivity contribution in [2.24, 2.45) is 0 Å². The van der Waals surface area contributed by atoms with E-state index in [1.165, 1.54) is 5.56 Å². The van der Waals surface area contributed by atoms with E-state index in [1.54, 1.807) is 0 Å². The zero-order valence-electron chi connectivity index (χ0n) is 11.5. The van der Waals surface area contributed by atoms with Gasteiger partial charge in [0.15, 0.2) is 0 Å². The highest BCUT2D eigenvalue weighted by Gasteiger charge is 2.18. The van der Waals surface area contributed by atoms with Gasteiger partial charge in [0, 0.05) is 12.1 Å². The summed E-state index contributed by atoms with van der Waals surface area (Å²) in [6.07, 6.45) is 0. The average molecular weight is 261 g/mol. The predicted octanol–water partition coefficient (Wildman–Crippen LogP) is 2.03. The van der Waals surface area contributed by atoms with Crippen LogP contribution in [0.15, 0.2) is 28.7 Å². The lowest BCUT2D eigenvalue weighted by Gasteiger charge is -2.20. The van der Waals surface area contributed by atoms with Crippen LogP contribution in [0.3, 0.4) is 0 Å². The lowest BCUT2D eigenvalue weighted by molar-refractivity contribution is 0.172. The molecule has 0 aliphatic rings. The van der Waals surface area contributed by atoms with Crippen LogP contribution in [-0.4, -0.2) is 40.4 Å². The fraction of sp³-hybridized carbons (Fsp3) is 0.429. The Bertz CT molecular complexity index is 522. The summed E-state index contributed by atoms with van der Waals surface area (Å²) in [7, 11) is 1.91. The van der Waals surface area contributed by atoms with Gasteiger partial charge in [-0.3, -0.25) is 4.90 Å². The maximum atomic E-state index is 8.93. The molecule has 5 nitrogen and oxygen atoms in total. The fourth-order valence-corrected chi connectivity index (χ4v) is 1.76. The molecule has 1 unspecified atom stereocenters. The third-order valence-electron chi connectivity index (χ3n) is 3.21. The van der Waals surface area contributed by atoms with Crippen LogP contribution in [0.5, 0.6) is 0 Å². The number of aryl methyl sites for hydroxylation is 1. The number of nitrogens with zero attached hydrogens (tertiary/aromatic N) is 3. The molecule has 1 aromatic heterocycles. The highest BCUT2D eigenvalue weighted by atomic mass is 16.4. The largest absolute Gasteiger partial charge is 0.419 e. The SMILES string of the molecule is Cc1ccc(-c2nnc(C(C)N(C)CCO)o2)cc1. The molecule has 0 saturated heterocycles. The molecule has 0 aliphatic heterocycles. The molecule has 0 saturated carbocycles. The highest BCUT2D eigenvalue weighted by Crippen LogP contribution is 2.23. The summed E-state index contributed by atoms with van der Waals surface area (Å²) in [5, 5.41) is 17.1. The molecule has 1 atom stereocenters. The first-order valence-electron chi connectivity index (χ1n) is 6.33. The summed E-state index contributed by atoms with van der Waals surface area (Å²) in [6.45, 7) is 4.69. The van der Waals surface area contributed by atoms with Gasteiger partial charge in [0.25, 0.3) is 0 Å². The van der Waals surface area contributed by atoms with Crippen molar-refractivity contribution < 1.29 is 9.52 Å². The molecule has 102 valence electrons. The van der Waals surface area contributed by atoms with Crippen LogP contribution in [0.1, 0.15) is 24.4 Å². The number of benzene rings is 1. The standard InChI is InChI=1S/C14H19N3O2/c1-10-4-6-12(7-5-10)14-16-15-13(19-14)11(2)17(3)8-9-18/h4-7,11,18H,8-9H2,1-3H3. The molecule has 5 heteroatoms. The molecule has 2 rings (SSSR count). The van der Waals surface area contributed by atoms with Gasteiger partial charge in [0.1, 0.15) is 0 Å². The van der Waals surface area contributed by atoms with E-state index < -0.39 is 0 Å². The first-order chi connectivity index (χ1) is 9.11. The molecule has 19 heavy (non-hydrogen) atoms. The topological polar surface area (TPSA) is 62.4 Å². The van der Waals surface area contributed by atoms with Gasteiger partial charge < -0.3 is 9.52 Å². The van der Waals surface area contributed by atoms with Crippen LogP contribution in [0, 0.1) is 6.92 Å². The summed E-state index contributed by atoms with van der Waals surface area (Å²) in [6, 6.07) is 7.95. The number of likely N-dealkylation sites (N-methyl/N-ethyl adjacent to an activating group) is 1. The molecule has 0 radical (unpaired) electrons. The average Bonchev–Trinajstić information content (AvgIpc) is 2.88. The molecule has 2 aromatic rings. The van der Waals surface area contributed by atoms with Crippen LogP contribution in [0.25, 0.3) is 11.5 Å². The van der Waals surface area contributed by atoms with Crippen molar-refractivity contribution in [2.45, 2.75) is 19.9 Å². The smallest absolute Gasteiger partial charge is 0.247 e. The van der Waals surface area contributed by atoms with Crippen molar-refractivity contribution in [3.63, 3.8) is 0 Å². The monoisotopic (exact) mass is 261 g/mol. The Morgan fingerprint density at radius 3 is 2.58 bits per heavy atom. The van der Waals surface area contributed by atoms with Crippen molar-refractivity contribution in [2.75, 3.05) is 20.2 Å². The zero-order chi connectivity index (χ0) is 13.8. The van der Waals surface area contributed by atoms with E-state index in [0.29, 0.717) is 18.3 Å². The number of hydrogen-bond donors (Lipinski definition) is 1. The highest BCUT2D eigenvalue weighted by molar-refractivity contribution is 5.52. The molecule has 1 N–H and O–H groups in total. The van der Waals surface area contributed by atoms with E-state index >= 15 is 0 Å². The van der Waals surface area contributed by atoms with E-state index in [2.05, 4.69) is 10.2 Å². The summed E-state index contributed by atoms with van der Waals surface area (Å²) in [4.78, 5) is 1.96. The first-order valence-corrected chi connectivity index (χ1v) is 6.33. The summed E-state index contributed by atoms with van der Waals surface area (Å²) in [5.41, 5.74) is 2.11. The molecule has 1 heterocycles. The molecular formula is C14H19N3O2. The fourth-order valence-electron chi connectivity index (χ4n) is 1.76. The molecule has 0 bridgehead atoms. The third kappa shape index (κ3) is 3.19. The van der Waals surface area contributed by atoms with E-state index in [1.807, 2.05) is 50.1 Å². The van der Waals surface area contributed by atoms with Gasteiger partial charge in [-0.2, -0.15) is 0 Å². The van der Waals surface area contributed by atoms with E-state index in [9.17, 15) is 0 Å². The summed E-state index contributed by atoms with van der Waals surface area (Å²) >= 11 is 0. The van der Waals surface area contributed by atoms with Crippen molar-refractivity contribution in [3.8, 4) is 11.5 Å². The Morgan fingerprint density at radius 1 is 1.26 bits per heavy atom. The van der Waals surface area contributed by atoms with Gasteiger partial charge >= 0.3 is 0 Å². The van der Waals surface area contributed by atoms with Crippen molar-refractivity contribution >= 4 is 0 Å². The molecular weight excluding hydrogens is 242 g/mol. The molecule has 1 aromatic carbocycles. The summed E-state index contributed by atoms with van der Waals surface area (Å²) in [5.74, 6) is 1.09. The Balaban J connectivity index is 2.16. The van der Waals surface area contributed by atoms with Crippen LogP contribution >= 0.6 is 0 Å². The third-order valence-corrected chi connectivity index (χ3v) is 3.21. The number of aliphatic hydroxyl groups excluding tert-OH is 1. The normalized spacial score (nSPS) is 12.9. The molecule has 0 spiro atoms. The van der Waals surface area contributed by atoms with E-state index in [0.717, 1.165) is 5.56 Å². The Labute approximate surface area is 112 Å². The first kappa shape index (κ1) is 13.7. The minimum atomic E-state index is -0.0150. The van der Waals surface area contributed by atoms with Gasteiger partial charge in [0.2, 0.25) is 11.8 Å². The van der Waals surface area contributed by atoms with Gasteiger partial charge in [-0.05, 0) is 33.0 Å².